The number of ether oxygens (including phenoxy) is 1. The Hall–Kier alpha value is -0.613. The molecule has 0 aliphatic carbocycles. The zero-order valence-corrected chi connectivity index (χ0v) is 11.5. The van der Waals surface area contributed by atoms with E-state index in [2.05, 4.69) is 6.58 Å². The standard InChI is InChI=1S/C12H22O3Si/c1-4-11(15-12(13)10(2)3)9-16-8-6-5-7-14-16/h11,16H,2,4-9H2,1,3H3. The minimum atomic E-state index is -1.10. The quantitative estimate of drug-likeness (QED) is 0.422. The second-order valence-electron chi connectivity index (χ2n) is 4.44. The SMILES string of the molecule is C=C(C)C(=O)OC(CC)C[SiH]1CCCCO1. The van der Waals surface area contributed by atoms with Crippen LogP contribution in [0.4, 0.5) is 0 Å². The van der Waals surface area contributed by atoms with Crippen LogP contribution < -0.4 is 0 Å². The summed E-state index contributed by atoms with van der Waals surface area (Å²) in [6.45, 7) is 8.23. The summed E-state index contributed by atoms with van der Waals surface area (Å²) in [5.74, 6) is -0.267. The van der Waals surface area contributed by atoms with Crippen molar-refractivity contribution in [3.8, 4) is 0 Å². The van der Waals surface area contributed by atoms with Gasteiger partial charge in [0.25, 0.3) is 0 Å². The highest BCUT2D eigenvalue weighted by atomic mass is 28.3. The Balaban J connectivity index is 2.35. The van der Waals surface area contributed by atoms with Crippen molar-refractivity contribution in [2.24, 2.45) is 0 Å². The number of carbonyl (C=O) groups is 1. The molecule has 3 nitrogen and oxygen atoms in total. The van der Waals surface area contributed by atoms with Gasteiger partial charge in [0.2, 0.25) is 0 Å². The summed E-state index contributed by atoms with van der Waals surface area (Å²) in [4.78, 5) is 11.4. The molecule has 0 aromatic carbocycles. The molecule has 92 valence electrons. The van der Waals surface area contributed by atoms with Gasteiger partial charge in [0.15, 0.2) is 9.04 Å². The zero-order valence-electron chi connectivity index (χ0n) is 10.3. The van der Waals surface area contributed by atoms with Crippen molar-refractivity contribution in [1.29, 1.82) is 0 Å². The van der Waals surface area contributed by atoms with Gasteiger partial charge in [0.05, 0.1) is 0 Å². The number of esters is 1. The predicted octanol–water partition coefficient (Wildman–Crippen LogP) is 2.42. The molecule has 0 aromatic rings. The lowest BCUT2D eigenvalue weighted by Crippen LogP contribution is -2.30. The van der Waals surface area contributed by atoms with E-state index in [1.807, 2.05) is 6.92 Å². The molecule has 0 saturated carbocycles. The minimum absolute atomic E-state index is 0.0268. The molecule has 1 heterocycles. The van der Waals surface area contributed by atoms with Crippen LogP contribution >= 0.6 is 0 Å². The normalized spacial score (nSPS) is 22.5. The fourth-order valence-corrected chi connectivity index (χ4v) is 4.64. The van der Waals surface area contributed by atoms with Gasteiger partial charge in [-0.2, -0.15) is 0 Å². The zero-order chi connectivity index (χ0) is 12.0. The molecule has 2 unspecified atom stereocenters. The van der Waals surface area contributed by atoms with E-state index >= 15 is 0 Å². The minimum Gasteiger partial charge on any atom is -0.459 e. The maximum atomic E-state index is 11.4. The second-order valence-corrected chi connectivity index (χ2v) is 7.07. The van der Waals surface area contributed by atoms with Gasteiger partial charge in [-0.15, -0.1) is 0 Å². The lowest BCUT2D eigenvalue weighted by Gasteiger charge is -2.25. The first kappa shape index (κ1) is 13.5. The molecule has 1 fully saturated rings. The second kappa shape index (κ2) is 6.86. The van der Waals surface area contributed by atoms with Gasteiger partial charge < -0.3 is 9.16 Å². The molecule has 0 spiro atoms. The smallest absolute Gasteiger partial charge is 0.333 e. The molecule has 1 saturated heterocycles. The molecule has 0 radical (unpaired) electrons. The molecular formula is C12H22O3Si. The molecule has 0 aromatic heterocycles. The van der Waals surface area contributed by atoms with Crippen LogP contribution in [-0.2, 0) is 14.0 Å². The van der Waals surface area contributed by atoms with Gasteiger partial charge in [-0.25, -0.2) is 4.79 Å². The average Bonchev–Trinajstić information content (AvgIpc) is 2.29. The van der Waals surface area contributed by atoms with Gasteiger partial charge in [0.1, 0.15) is 6.10 Å². The topological polar surface area (TPSA) is 35.5 Å². The highest BCUT2D eigenvalue weighted by molar-refractivity contribution is 6.52. The molecule has 1 rings (SSSR count). The molecular weight excluding hydrogens is 220 g/mol. The first-order valence-corrected chi connectivity index (χ1v) is 8.22. The summed E-state index contributed by atoms with van der Waals surface area (Å²) in [7, 11) is -1.10. The van der Waals surface area contributed by atoms with Crippen LogP contribution in [0.15, 0.2) is 12.2 Å². The third-order valence-corrected chi connectivity index (χ3v) is 5.69. The van der Waals surface area contributed by atoms with Crippen molar-refractivity contribution in [3.05, 3.63) is 12.2 Å². The van der Waals surface area contributed by atoms with E-state index in [1.54, 1.807) is 6.92 Å². The Morgan fingerprint density at radius 2 is 2.31 bits per heavy atom. The summed E-state index contributed by atoms with van der Waals surface area (Å²) >= 11 is 0. The highest BCUT2D eigenvalue weighted by Gasteiger charge is 2.23. The van der Waals surface area contributed by atoms with E-state index in [0.29, 0.717) is 5.57 Å². The molecule has 2 atom stereocenters. The van der Waals surface area contributed by atoms with Crippen LogP contribution in [0.25, 0.3) is 0 Å². The van der Waals surface area contributed by atoms with Crippen molar-refractivity contribution in [3.63, 3.8) is 0 Å². The van der Waals surface area contributed by atoms with Gasteiger partial charge in [-0.3, -0.25) is 0 Å². The number of rotatable bonds is 5. The van der Waals surface area contributed by atoms with E-state index in [-0.39, 0.29) is 12.1 Å². The van der Waals surface area contributed by atoms with Gasteiger partial charge in [0, 0.05) is 18.2 Å². The molecule has 0 bridgehead atoms. The summed E-state index contributed by atoms with van der Waals surface area (Å²) in [5, 5.41) is 0. The van der Waals surface area contributed by atoms with Crippen LogP contribution in [0.5, 0.6) is 0 Å². The summed E-state index contributed by atoms with van der Waals surface area (Å²) in [6, 6.07) is 2.18. The van der Waals surface area contributed by atoms with Crippen LogP contribution in [-0.4, -0.2) is 27.7 Å². The number of hydrogen-bond acceptors (Lipinski definition) is 3. The third-order valence-electron chi connectivity index (χ3n) is 2.88. The Morgan fingerprint density at radius 3 is 2.81 bits per heavy atom. The molecule has 1 aliphatic rings. The van der Waals surface area contributed by atoms with E-state index < -0.39 is 9.04 Å². The maximum Gasteiger partial charge on any atom is 0.333 e. The van der Waals surface area contributed by atoms with Gasteiger partial charge in [-0.1, -0.05) is 19.9 Å². The van der Waals surface area contributed by atoms with E-state index in [1.165, 1.54) is 18.9 Å². The number of carbonyl (C=O) groups excluding carboxylic acids is 1. The Morgan fingerprint density at radius 1 is 1.56 bits per heavy atom. The van der Waals surface area contributed by atoms with Gasteiger partial charge >= 0.3 is 5.97 Å². The van der Waals surface area contributed by atoms with Crippen molar-refractivity contribution in [2.45, 2.75) is 51.3 Å². The maximum absolute atomic E-state index is 11.4. The van der Waals surface area contributed by atoms with E-state index in [9.17, 15) is 4.79 Å². The van der Waals surface area contributed by atoms with Crippen LogP contribution in [0.1, 0.15) is 33.1 Å². The summed E-state index contributed by atoms with van der Waals surface area (Å²) < 4.78 is 11.2. The number of hydrogen-bond donors (Lipinski definition) is 0. The first-order chi connectivity index (χ1) is 7.63. The summed E-state index contributed by atoms with van der Waals surface area (Å²) in [5.41, 5.74) is 0.477. The van der Waals surface area contributed by atoms with Crippen molar-refractivity contribution < 1.29 is 14.0 Å². The first-order valence-electron chi connectivity index (χ1n) is 6.11. The Kier molecular flexibility index (Phi) is 5.77. The van der Waals surface area contributed by atoms with Gasteiger partial charge in [-0.05, 0) is 25.8 Å². The van der Waals surface area contributed by atoms with Crippen molar-refractivity contribution >= 4 is 15.0 Å². The fourth-order valence-electron chi connectivity index (χ4n) is 1.84. The molecule has 0 amide bonds. The van der Waals surface area contributed by atoms with Crippen LogP contribution in [0, 0.1) is 0 Å². The van der Waals surface area contributed by atoms with Crippen molar-refractivity contribution in [1.82, 2.24) is 0 Å². The van der Waals surface area contributed by atoms with E-state index in [0.717, 1.165) is 19.1 Å². The predicted molar refractivity (Wildman–Crippen MR) is 66.9 cm³/mol. The summed E-state index contributed by atoms with van der Waals surface area (Å²) in [6.07, 6.45) is 3.36. The van der Waals surface area contributed by atoms with Crippen LogP contribution in [0.3, 0.4) is 0 Å². The Labute approximate surface area is 99.5 Å². The average molecular weight is 242 g/mol. The van der Waals surface area contributed by atoms with E-state index in [4.69, 9.17) is 9.16 Å². The van der Waals surface area contributed by atoms with Crippen molar-refractivity contribution in [2.75, 3.05) is 6.61 Å². The third kappa shape index (κ3) is 4.49. The highest BCUT2D eigenvalue weighted by Crippen LogP contribution is 2.19. The Bertz CT molecular complexity index is 247. The largest absolute Gasteiger partial charge is 0.459 e. The van der Waals surface area contributed by atoms with Crippen LogP contribution in [0.2, 0.25) is 12.1 Å². The molecule has 1 aliphatic heterocycles. The monoisotopic (exact) mass is 242 g/mol. The molecule has 4 heteroatoms. The lowest BCUT2D eigenvalue weighted by atomic mass is 10.3. The molecule has 16 heavy (non-hydrogen) atoms. The fraction of sp³-hybridized carbons (Fsp3) is 0.750. The lowest BCUT2D eigenvalue weighted by molar-refractivity contribution is -0.143. The molecule has 0 N–H and O–H groups in total.